The minimum absolute atomic E-state index is 1.25. The van der Waals surface area contributed by atoms with E-state index in [1.54, 1.807) is 11.8 Å². The summed E-state index contributed by atoms with van der Waals surface area (Å²) in [6, 6.07) is 13.1. The summed E-state index contributed by atoms with van der Waals surface area (Å²) in [5.74, 6) is 0. The van der Waals surface area contributed by atoms with Gasteiger partial charge in [-0.3, -0.25) is 0 Å². The van der Waals surface area contributed by atoms with Crippen molar-refractivity contribution in [1.29, 1.82) is 0 Å². The zero-order valence-corrected chi connectivity index (χ0v) is 12.8. The molecule has 2 aromatic carbocycles. The molecule has 0 bridgehead atoms. The molecule has 0 spiro atoms. The second kappa shape index (κ2) is 6.12. The van der Waals surface area contributed by atoms with Crippen LogP contribution in [0.25, 0.3) is 12.2 Å². The van der Waals surface area contributed by atoms with Gasteiger partial charge in [-0.25, -0.2) is 0 Å². The molecule has 0 aliphatic carbocycles. The number of benzene rings is 2. The Bertz CT molecular complexity index is 569. The van der Waals surface area contributed by atoms with E-state index in [9.17, 15) is 0 Å². The quantitative estimate of drug-likeness (QED) is 0.523. The number of rotatable bonds is 3. The highest BCUT2D eigenvalue weighted by molar-refractivity contribution is 7.98. The van der Waals surface area contributed by atoms with Crippen LogP contribution in [0.4, 0.5) is 0 Å². The normalized spacial score (nSPS) is 11.2. The van der Waals surface area contributed by atoms with Gasteiger partial charge in [0.2, 0.25) is 0 Å². The predicted octanol–water partition coefficient (Wildman–Crippen LogP) is 5.50. The first-order valence-electron chi connectivity index (χ1n) is 6.50. The molecule has 0 aliphatic rings. The predicted molar refractivity (Wildman–Crippen MR) is 87.8 cm³/mol. The Hall–Kier alpha value is -1.47. The van der Waals surface area contributed by atoms with Gasteiger partial charge in [-0.05, 0) is 61.4 Å². The minimum Gasteiger partial charge on any atom is -0.130 e. The van der Waals surface area contributed by atoms with Gasteiger partial charge in [0.1, 0.15) is 0 Å². The lowest BCUT2D eigenvalue weighted by molar-refractivity contribution is 1.30. The summed E-state index contributed by atoms with van der Waals surface area (Å²) in [6.07, 6.45) is 6.51. The Balaban J connectivity index is 2.27. The van der Waals surface area contributed by atoms with E-state index < -0.39 is 0 Å². The third-order valence-electron chi connectivity index (χ3n) is 3.30. The summed E-state index contributed by atoms with van der Waals surface area (Å²) >= 11 is 1.77. The topological polar surface area (TPSA) is 0 Å². The van der Waals surface area contributed by atoms with Crippen molar-refractivity contribution in [2.75, 3.05) is 6.26 Å². The van der Waals surface area contributed by atoms with Crippen LogP contribution >= 0.6 is 11.8 Å². The van der Waals surface area contributed by atoms with Gasteiger partial charge in [-0.15, -0.1) is 11.8 Å². The zero-order valence-electron chi connectivity index (χ0n) is 12.0. The van der Waals surface area contributed by atoms with E-state index in [0.717, 1.165) is 0 Å². The van der Waals surface area contributed by atoms with Crippen LogP contribution in [0.15, 0.2) is 41.3 Å². The van der Waals surface area contributed by atoms with Gasteiger partial charge in [-0.2, -0.15) is 0 Å². The Labute approximate surface area is 120 Å². The summed E-state index contributed by atoms with van der Waals surface area (Å²) in [7, 11) is 0. The van der Waals surface area contributed by atoms with Crippen LogP contribution < -0.4 is 0 Å². The summed E-state index contributed by atoms with van der Waals surface area (Å²) < 4.78 is 0. The van der Waals surface area contributed by atoms with E-state index >= 15 is 0 Å². The van der Waals surface area contributed by atoms with Crippen LogP contribution in [0.5, 0.6) is 0 Å². The molecule has 0 fully saturated rings. The molecule has 19 heavy (non-hydrogen) atoms. The van der Waals surface area contributed by atoms with E-state index in [1.807, 2.05) is 0 Å². The highest BCUT2D eigenvalue weighted by atomic mass is 32.2. The van der Waals surface area contributed by atoms with Crippen molar-refractivity contribution in [3.05, 3.63) is 64.2 Å². The average molecular weight is 268 g/mol. The molecule has 1 heteroatoms. The van der Waals surface area contributed by atoms with Crippen molar-refractivity contribution in [2.24, 2.45) is 0 Å². The van der Waals surface area contributed by atoms with Gasteiger partial charge < -0.3 is 0 Å². The molecule has 98 valence electrons. The van der Waals surface area contributed by atoms with Crippen molar-refractivity contribution in [1.82, 2.24) is 0 Å². The monoisotopic (exact) mass is 268 g/mol. The van der Waals surface area contributed by atoms with Crippen molar-refractivity contribution >= 4 is 23.9 Å². The van der Waals surface area contributed by atoms with Crippen LogP contribution in [0.3, 0.4) is 0 Å². The van der Waals surface area contributed by atoms with E-state index in [0.29, 0.717) is 0 Å². The molecule has 0 radical (unpaired) electrons. The molecule has 0 nitrogen and oxygen atoms in total. The molecule has 0 saturated carbocycles. The van der Waals surface area contributed by atoms with Gasteiger partial charge in [0.25, 0.3) is 0 Å². The van der Waals surface area contributed by atoms with Gasteiger partial charge in [0.15, 0.2) is 0 Å². The molecule has 0 aliphatic heterocycles. The molecule has 2 rings (SSSR count). The van der Waals surface area contributed by atoms with E-state index in [2.05, 4.69) is 75.6 Å². The molecule has 2 aromatic rings. The molecular formula is C18H20S. The van der Waals surface area contributed by atoms with Crippen molar-refractivity contribution < 1.29 is 0 Å². The largest absolute Gasteiger partial charge is 0.130 e. The summed E-state index contributed by atoms with van der Waals surface area (Å²) in [5.41, 5.74) is 6.59. The first-order valence-corrected chi connectivity index (χ1v) is 7.72. The van der Waals surface area contributed by atoms with Gasteiger partial charge >= 0.3 is 0 Å². The summed E-state index contributed by atoms with van der Waals surface area (Å²) in [4.78, 5) is 1.31. The van der Waals surface area contributed by atoms with Crippen LogP contribution in [-0.2, 0) is 0 Å². The molecule has 0 atom stereocenters. The Morgan fingerprint density at radius 3 is 1.95 bits per heavy atom. The minimum atomic E-state index is 1.25. The molecule has 0 heterocycles. The van der Waals surface area contributed by atoms with Gasteiger partial charge in [-0.1, -0.05) is 42.0 Å². The summed E-state index contributed by atoms with van der Waals surface area (Å²) in [6.45, 7) is 6.50. The van der Waals surface area contributed by atoms with Crippen LogP contribution in [0.1, 0.15) is 27.8 Å². The van der Waals surface area contributed by atoms with Gasteiger partial charge in [0.05, 0.1) is 0 Å². The fourth-order valence-corrected chi connectivity index (χ4v) is 2.76. The third kappa shape index (κ3) is 3.51. The number of thioether (sulfide) groups is 1. The Morgan fingerprint density at radius 2 is 1.42 bits per heavy atom. The smallest absolute Gasteiger partial charge is 0.00695 e. The SMILES string of the molecule is CSc1ccc(/C=C/c2c(C)cc(C)cc2C)cc1. The second-order valence-electron chi connectivity index (χ2n) is 4.92. The Morgan fingerprint density at radius 1 is 0.842 bits per heavy atom. The second-order valence-corrected chi connectivity index (χ2v) is 5.80. The van der Waals surface area contributed by atoms with E-state index in [4.69, 9.17) is 0 Å². The van der Waals surface area contributed by atoms with Crippen LogP contribution in [0.2, 0.25) is 0 Å². The highest BCUT2D eigenvalue weighted by Crippen LogP contribution is 2.20. The lowest BCUT2D eigenvalue weighted by atomic mass is 9.99. The number of hydrogen-bond donors (Lipinski definition) is 0. The average Bonchev–Trinajstić information content (AvgIpc) is 2.38. The lowest BCUT2D eigenvalue weighted by Gasteiger charge is -2.07. The lowest BCUT2D eigenvalue weighted by Crippen LogP contribution is -1.88. The summed E-state index contributed by atoms with van der Waals surface area (Å²) in [5, 5.41) is 0. The third-order valence-corrected chi connectivity index (χ3v) is 4.04. The molecule has 0 aromatic heterocycles. The van der Waals surface area contributed by atoms with E-state index in [-0.39, 0.29) is 0 Å². The highest BCUT2D eigenvalue weighted by Gasteiger charge is 2.00. The van der Waals surface area contributed by atoms with Gasteiger partial charge in [0, 0.05) is 4.90 Å². The van der Waals surface area contributed by atoms with Crippen LogP contribution in [-0.4, -0.2) is 6.26 Å². The zero-order chi connectivity index (χ0) is 13.8. The first kappa shape index (κ1) is 14.0. The van der Waals surface area contributed by atoms with Crippen molar-refractivity contribution in [3.63, 3.8) is 0 Å². The maximum atomic E-state index is 2.24. The fraction of sp³-hybridized carbons (Fsp3) is 0.222. The maximum absolute atomic E-state index is 2.24. The molecule has 0 saturated heterocycles. The Kier molecular flexibility index (Phi) is 4.49. The first-order chi connectivity index (χ1) is 9.10. The molecular weight excluding hydrogens is 248 g/mol. The molecule has 0 unspecified atom stereocenters. The fourth-order valence-electron chi connectivity index (χ4n) is 2.35. The standard InChI is InChI=1S/C18H20S/c1-13-11-14(2)18(15(3)12-13)10-7-16-5-8-17(19-4)9-6-16/h5-12H,1-4H3/b10-7+. The van der Waals surface area contributed by atoms with E-state index in [1.165, 1.54) is 32.7 Å². The maximum Gasteiger partial charge on any atom is 0.00695 e. The molecule has 0 amide bonds. The molecule has 0 N–H and O–H groups in total. The number of hydrogen-bond acceptors (Lipinski definition) is 1. The number of aryl methyl sites for hydroxylation is 3. The van der Waals surface area contributed by atoms with Crippen LogP contribution in [0, 0.1) is 20.8 Å². The van der Waals surface area contributed by atoms with Crippen molar-refractivity contribution in [2.45, 2.75) is 25.7 Å². The van der Waals surface area contributed by atoms with Crippen molar-refractivity contribution in [3.8, 4) is 0 Å².